The van der Waals surface area contributed by atoms with E-state index in [0.29, 0.717) is 6.61 Å². The second-order valence-electron chi connectivity index (χ2n) is 6.85. The highest BCUT2D eigenvalue weighted by atomic mass is 79.9. The van der Waals surface area contributed by atoms with Crippen molar-refractivity contribution < 1.29 is 9.47 Å². The maximum Gasteiger partial charge on any atom is 0.190 e. The molecule has 4 aromatic rings. The quantitative estimate of drug-likeness (QED) is 0.422. The minimum atomic E-state index is -0.239. The lowest BCUT2D eigenvalue weighted by molar-refractivity contribution is 0.0827. The summed E-state index contributed by atoms with van der Waals surface area (Å²) in [5.74, 6) is 2.45. The Hall–Kier alpha value is -2.79. The topological polar surface area (TPSA) is 36.3 Å². The van der Waals surface area contributed by atoms with Gasteiger partial charge in [-0.3, -0.25) is 0 Å². The summed E-state index contributed by atoms with van der Waals surface area (Å²) in [5.41, 5.74) is 3.37. The maximum atomic E-state index is 6.25. The highest BCUT2D eigenvalue weighted by molar-refractivity contribution is 9.10. The van der Waals surface area contributed by atoms with Gasteiger partial charge in [-0.2, -0.15) is 0 Å². The molecule has 0 aliphatic carbocycles. The van der Waals surface area contributed by atoms with Crippen LogP contribution in [-0.4, -0.2) is 16.2 Å². The molecule has 0 saturated heterocycles. The molecule has 0 spiro atoms. The van der Waals surface area contributed by atoms with Crippen molar-refractivity contribution in [3.63, 3.8) is 0 Å². The van der Waals surface area contributed by atoms with Crippen LogP contribution in [0.4, 0.5) is 0 Å². The van der Waals surface area contributed by atoms with Crippen LogP contribution >= 0.6 is 15.9 Å². The molecule has 0 N–H and O–H groups in total. The Labute approximate surface area is 171 Å². The standard InChI is InChI=1S/C23H19BrN2O2/c24-17-10-11-18-19(14-17)26(13-12-16-6-2-1-3-7-16)23(25-18)22-15-27-20-8-4-5-9-21(20)28-22/h1-11,14,22H,12-13,15H2. The minimum absolute atomic E-state index is 0.239. The van der Waals surface area contributed by atoms with E-state index in [1.54, 1.807) is 0 Å². The average molecular weight is 435 g/mol. The molecule has 1 aliphatic rings. The number of aromatic nitrogens is 2. The van der Waals surface area contributed by atoms with Gasteiger partial charge in [0, 0.05) is 11.0 Å². The number of ether oxygens (including phenoxy) is 2. The number of rotatable bonds is 4. The number of nitrogens with zero attached hydrogens (tertiary/aromatic N) is 2. The number of aryl methyl sites for hydroxylation is 2. The first kappa shape index (κ1) is 17.3. The fourth-order valence-electron chi connectivity index (χ4n) is 3.63. The summed E-state index contributed by atoms with van der Waals surface area (Å²) in [7, 11) is 0. The van der Waals surface area contributed by atoms with Crippen LogP contribution in [0.15, 0.2) is 77.3 Å². The lowest BCUT2D eigenvalue weighted by atomic mass is 10.1. The molecule has 28 heavy (non-hydrogen) atoms. The first-order valence-corrected chi connectivity index (χ1v) is 10.2. The van der Waals surface area contributed by atoms with E-state index in [9.17, 15) is 0 Å². The van der Waals surface area contributed by atoms with Crippen molar-refractivity contribution in [1.29, 1.82) is 0 Å². The number of hydrogen-bond donors (Lipinski definition) is 0. The molecule has 1 aliphatic heterocycles. The maximum absolute atomic E-state index is 6.25. The van der Waals surface area contributed by atoms with Gasteiger partial charge in [0.25, 0.3) is 0 Å². The third-order valence-corrected chi connectivity index (χ3v) is 5.50. The minimum Gasteiger partial charge on any atom is -0.485 e. The van der Waals surface area contributed by atoms with Crippen molar-refractivity contribution >= 4 is 27.0 Å². The van der Waals surface area contributed by atoms with Crippen LogP contribution in [-0.2, 0) is 13.0 Å². The fourth-order valence-corrected chi connectivity index (χ4v) is 3.98. The molecule has 0 radical (unpaired) electrons. The molecule has 0 saturated carbocycles. The van der Waals surface area contributed by atoms with E-state index < -0.39 is 0 Å². The van der Waals surface area contributed by atoms with Gasteiger partial charge in [0.15, 0.2) is 23.4 Å². The Balaban J connectivity index is 1.53. The summed E-state index contributed by atoms with van der Waals surface area (Å²) >= 11 is 3.59. The van der Waals surface area contributed by atoms with Crippen LogP contribution in [0.2, 0.25) is 0 Å². The van der Waals surface area contributed by atoms with E-state index in [1.165, 1.54) is 5.56 Å². The van der Waals surface area contributed by atoms with E-state index in [0.717, 1.165) is 45.8 Å². The van der Waals surface area contributed by atoms with Crippen LogP contribution in [0.1, 0.15) is 17.5 Å². The summed E-state index contributed by atoms with van der Waals surface area (Å²) < 4.78 is 15.5. The first-order chi connectivity index (χ1) is 13.8. The molecule has 5 heteroatoms. The van der Waals surface area contributed by atoms with Gasteiger partial charge >= 0.3 is 0 Å². The van der Waals surface area contributed by atoms with Crippen molar-refractivity contribution in [2.24, 2.45) is 0 Å². The second-order valence-corrected chi connectivity index (χ2v) is 7.77. The summed E-state index contributed by atoms with van der Waals surface area (Å²) in [6.07, 6.45) is 0.688. The zero-order valence-electron chi connectivity index (χ0n) is 15.2. The van der Waals surface area contributed by atoms with Crippen LogP contribution in [0.5, 0.6) is 11.5 Å². The van der Waals surface area contributed by atoms with Gasteiger partial charge in [-0.05, 0) is 42.3 Å². The summed E-state index contributed by atoms with van der Waals surface area (Å²) in [6.45, 7) is 1.28. The van der Waals surface area contributed by atoms with Crippen LogP contribution < -0.4 is 9.47 Å². The molecule has 1 atom stereocenters. The molecule has 0 amide bonds. The molecule has 0 bridgehead atoms. The first-order valence-electron chi connectivity index (χ1n) is 9.36. The number of fused-ring (bicyclic) bond motifs is 2. The molecular formula is C23H19BrN2O2. The van der Waals surface area contributed by atoms with E-state index in [1.807, 2.05) is 42.5 Å². The third kappa shape index (κ3) is 3.27. The Morgan fingerprint density at radius 1 is 0.964 bits per heavy atom. The smallest absolute Gasteiger partial charge is 0.190 e. The van der Waals surface area contributed by atoms with Crippen molar-refractivity contribution in [3.05, 3.63) is 88.7 Å². The Kier molecular flexibility index (Phi) is 4.53. The van der Waals surface area contributed by atoms with Crippen molar-refractivity contribution in [1.82, 2.24) is 9.55 Å². The van der Waals surface area contributed by atoms with E-state index >= 15 is 0 Å². The zero-order valence-corrected chi connectivity index (χ0v) is 16.8. The van der Waals surface area contributed by atoms with Crippen molar-refractivity contribution in [3.8, 4) is 11.5 Å². The largest absolute Gasteiger partial charge is 0.485 e. The molecule has 0 fully saturated rings. The monoisotopic (exact) mass is 434 g/mol. The van der Waals surface area contributed by atoms with Crippen LogP contribution in [0, 0.1) is 0 Å². The highest BCUT2D eigenvalue weighted by Crippen LogP contribution is 2.36. The lowest BCUT2D eigenvalue weighted by Crippen LogP contribution is -2.25. The molecule has 1 unspecified atom stereocenters. The van der Waals surface area contributed by atoms with Crippen LogP contribution in [0.25, 0.3) is 11.0 Å². The third-order valence-electron chi connectivity index (χ3n) is 5.00. The van der Waals surface area contributed by atoms with Gasteiger partial charge in [-0.1, -0.05) is 58.4 Å². The highest BCUT2D eigenvalue weighted by Gasteiger charge is 2.27. The molecule has 140 valence electrons. The number of halogens is 1. The van der Waals surface area contributed by atoms with Crippen molar-refractivity contribution in [2.75, 3.05) is 6.61 Å². The lowest BCUT2D eigenvalue weighted by Gasteiger charge is -2.26. The van der Waals surface area contributed by atoms with Crippen LogP contribution in [0.3, 0.4) is 0 Å². The number of imidazole rings is 1. The predicted octanol–water partition coefficient (Wildman–Crippen LogP) is 5.55. The normalized spacial score (nSPS) is 15.7. The molecule has 3 aromatic carbocycles. The number of para-hydroxylation sites is 2. The van der Waals surface area contributed by atoms with E-state index in [2.05, 4.69) is 50.8 Å². The van der Waals surface area contributed by atoms with Gasteiger partial charge in [-0.25, -0.2) is 4.98 Å². The Morgan fingerprint density at radius 3 is 2.61 bits per heavy atom. The molecular weight excluding hydrogens is 416 g/mol. The predicted molar refractivity (Wildman–Crippen MR) is 113 cm³/mol. The Morgan fingerprint density at radius 2 is 1.75 bits per heavy atom. The summed E-state index contributed by atoms with van der Waals surface area (Å²) in [4.78, 5) is 4.90. The van der Waals surface area contributed by atoms with Gasteiger partial charge in [0.2, 0.25) is 0 Å². The van der Waals surface area contributed by atoms with Gasteiger partial charge in [0.1, 0.15) is 6.61 Å². The molecule has 5 rings (SSSR count). The zero-order chi connectivity index (χ0) is 18.9. The molecule has 2 heterocycles. The average Bonchev–Trinajstić information content (AvgIpc) is 3.10. The van der Waals surface area contributed by atoms with Gasteiger partial charge in [-0.15, -0.1) is 0 Å². The van der Waals surface area contributed by atoms with E-state index in [4.69, 9.17) is 14.5 Å². The van der Waals surface area contributed by atoms with Crippen molar-refractivity contribution in [2.45, 2.75) is 19.1 Å². The fraction of sp³-hybridized carbons (Fsp3) is 0.174. The molecule has 4 nitrogen and oxygen atoms in total. The summed E-state index contributed by atoms with van der Waals surface area (Å²) in [5, 5.41) is 0. The van der Waals surface area contributed by atoms with Gasteiger partial charge in [0.05, 0.1) is 11.0 Å². The molecule has 1 aromatic heterocycles. The second kappa shape index (κ2) is 7.32. The van der Waals surface area contributed by atoms with Gasteiger partial charge < -0.3 is 14.0 Å². The summed E-state index contributed by atoms with van der Waals surface area (Å²) in [6, 6.07) is 24.5. The SMILES string of the molecule is Brc1ccc2nc(C3COc4ccccc4O3)n(CCc3ccccc3)c2c1. The van der Waals surface area contributed by atoms with E-state index in [-0.39, 0.29) is 6.10 Å². The number of benzene rings is 3. The number of hydrogen-bond acceptors (Lipinski definition) is 3. The Bertz CT molecular complexity index is 1120.